The second kappa shape index (κ2) is 6.51. The zero-order valence-electron chi connectivity index (χ0n) is 12.3. The van der Waals surface area contributed by atoms with Crippen molar-refractivity contribution in [2.24, 2.45) is 0 Å². The summed E-state index contributed by atoms with van der Waals surface area (Å²) in [4.78, 5) is 28.4. The summed E-state index contributed by atoms with van der Waals surface area (Å²) in [6.07, 6.45) is 4.49. The zero-order valence-corrected chi connectivity index (χ0v) is 12.3. The molecule has 1 N–H and O–H groups in total. The minimum atomic E-state index is -0.464. The molecule has 0 saturated carbocycles. The minimum absolute atomic E-state index is 0.0180. The van der Waals surface area contributed by atoms with E-state index >= 15 is 0 Å². The lowest BCUT2D eigenvalue weighted by atomic mass is 10.1. The van der Waals surface area contributed by atoms with Crippen molar-refractivity contribution in [3.63, 3.8) is 0 Å². The number of carbonyl (C=O) groups excluding carboxylic acids is 1. The number of nitro groups is 1. The highest BCUT2D eigenvalue weighted by Crippen LogP contribution is 2.19. The first-order chi connectivity index (χ1) is 9.99. The molecular formula is C14H20N4O3. The Bertz CT molecular complexity index is 541. The summed E-state index contributed by atoms with van der Waals surface area (Å²) in [6, 6.07) is 1.20. The van der Waals surface area contributed by atoms with Crippen molar-refractivity contribution in [1.82, 2.24) is 9.88 Å². The van der Waals surface area contributed by atoms with Gasteiger partial charge in [-0.1, -0.05) is 0 Å². The fraction of sp³-hybridized carbons (Fsp3) is 0.571. The van der Waals surface area contributed by atoms with E-state index in [9.17, 15) is 14.9 Å². The van der Waals surface area contributed by atoms with E-state index in [0.717, 1.165) is 25.9 Å². The van der Waals surface area contributed by atoms with Crippen molar-refractivity contribution in [3.8, 4) is 0 Å². The van der Waals surface area contributed by atoms with Gasteiger partial charge in [-0.25, -0.2) is 4.98 Å². The molecule has 1 aliphatic heterocycles. The van der Waals surface area contributed by atoms with E-state index in [1.54, 1.807) is 19.9 Å². The Morgan fingerprint density at radius 3 is 2.67 bits per heavy atom. The van der Waals surface area contributed by atoms with Crippen LogP contribution in [0.15, 0.2) is 12.3 Å². The van der Waals surface area contributed by atoms with Gasteiger partial charge in [-0.2, -0.15) is 0 Å². The zero-order chi connectivity index (χ0) is 15.4. The van der Waals surface area contributed by atoms with Crippen LogP contribution in [0.2, 0.25) is 0 Å². The van der Waals surface area contributed by atoms with E-state index in [2.05, 4.69) is 10.3 Å². The Morgan fingerprint density at radius 1 is 1.43 bits per heavy atom. The topological polar surface area (TPSA) is 88.4 Å². The van der Waals surface area contributed by atoms with Crippen LogP contribution in [0.3, 0.4) is 0 Å². The van der Waals surface area contributed by atoms with Gasteiger partial charge in [-0.3, -0.25) is 14.9 Å². The summed E-state index contributed by atoms with van der Waals surface area (Å²) >= 11 is 0. The maximum Gasteiger partial charge on any atom is 0.290 e. The number of anilines is 1. The first kappa shape index (κ1) is 15.2. The highest BCUT2D eigenvalue weighted by molar-refractivity contribution is 5.84. The van der Waals surface area contributed by atoms with E-state index in [1.165, 1.54) is 12.6 Å². The molecule has 0 aliphatic carbocycles. The van der Waals surface area contributed by atoms with Crippen LogP contribution in [-0.2, 0) is 4.79 Å². The van der Waals surface area contributed by atoms with Crippen molar-refractivity contribution in [1.29, 1.82) is 0 Å². The number of nitrogens with one attached hydrogen (secondary N) is 1. The fourth-order valence-corrected chi connectivity index (χ4v) is 2.49. The first-order valence-electron chi connectivity index (χ1n) is 7.15. The van der Waals surface area contributed by atoms with Crippen LogP contribution >= 0.6 is 0 Å². The van der Waals surface area contributed by atoms with Gasteiger partial charge in [0.05, 0.1) is 4.92 Å². The number of piperidine rings is 1. The molecule has 1 aromatic heterocycles. The first-order valence-corrected chi connectivity index (χ1v) is 7.15. The summed E-state index contributed by atoms with van der Waals surface area (Å²) in [5.41, 5.74) is 0.505. The summed E-state index contributed by atoms with van der Waals surface area (Å²) < 4.78 is 0. The van der Waals surface area contributed by atoms with E-state index in [4.69, 9.17) is 0 Å². The van der Waals surface area contributed by atoms with Gasteiger partial charge in [0.1, 0.15) is 18.1 Å². The number of rotatable bonds is 4. The molecule has 114 valence electrons. The van der Waals surface area contributed by atoms with Crippen LogP contribution in [-0.4, -0.2) is 39.8 Å². The second-order valence-electron chi connectivity index (χ2n) is 5.37. The van der Waals surface area contributed by atoms with E-state index < -0.39 is 11.0 Å². The maximum atomic E-state index is 12.3. The predicted molar refractivity (Wildman–Crippen MR) is 79.1 cm³/mol. The quantitative estimate of drug-likeness (QED) is 0.678. The van der Waals surface area contributed by atoms with Gasteiger partial charge in [-0.05, 0) is 39.2 Å². The average Bonchev–Trinajstić information content (AvgIpc) is 2.47. The van der Waals surface area contributed by atoms with E-state index in [-0.39, 0.29) is 11.6 Å². The molecule has 1 saturated heterocycles. The van der Waals surface area contributed by atoms with E-state index in [0.29, 0.717) is 11.4 Å². The van der Waals surface area contributed by atoms with Crippen LogP contribution in [0.4, 0.5) is 11.5 Å². The Hall–Kier alpha value is -2.18. The van der Waals surface area contributed by atoms with E-state index in [1.807, 2.05) is 4.90 Å². The molecule has 1 aromatic rings. The Balaban J connectivity index is 2.01. The van der Waals surface area contributed by atoms with Crippen molar-refractivity contribution in [2.75, 3.05) is 18.4 Å². The number of aryl methyl sites for hydroxylation is 1. The molecule has 2 rings (SSSR count). The molecule has 1 aliphatic rings. The van der Waals surface area contributed by atoms with Crippen LogP contribution in [0.5, 0.6) is 0 Å². The predicted octanol–water partition coefficient (Wildman–Crippen LogP) is 2.11. The molecule has 1 amide bonds. The Kier molecular flexibility index (Phi) is 4.72. The molecule has 0 aromatic carbocycles. The third-order valence-electron chi connectivity index (χ3n) is 3.68. The van der Waals surface area contributed by atoms with Crippen molar-refractivity contribution < 1.29 is 9.72 Å². The molecule has 1 unspecified atom stereocenters. The lowest BCUT2D eigenvalue weighted by Gasteiger charge is -2.29. The normalized spacial score (nSPS) is 16.4. The van der Waals surface area contributed by atoms with Gasteiger partial charge >= 0.3 is 0 Å². The molecule has 1 fully saturated rings. The fourth-order valence-electron chi connectivity index (χ4n) is 2.49. The van der Waals surface area contributed by atoms with Crippen molar-refractivity contribution in [2.45, 2.75) is 39.2 Å². The second-order valence-corrected chi connectivity index (χ2v) is 5.37. The van der Waals surface area contributed by atoms with Crippen LogP contribution in [0.1, 0.15) is 31.7 Å². The Labute approximate surface area is 123 Å². The van der Waals surface area contributed by atoms with Gasteiger partial charge < -0.3 is 10.2 Å². The molecule has 2 heterocycles. The number of hydrogen-bond acceptors (Lipinski definition) is 5. The standard InChI is InChI=1S/C14H20N4O3/c1-10-8-13(15-9-12(10)18(20)21)16-11(2)14(19)17-6-4-3-5-7-17/h8-9,11H,3-7H2,1-2H3,(H,15,16). The molecule has 7 nitrogen and oxygen atoms in total. The van der Waals surface area contributed by atoms with Gasteiger partial charge in [0.25, 0.3) is 5.69 Å². The van der Waals surface area contributed by atoms with Crippen LogP contribution < -0.4 is 5.32 Å². The molecule has 0 radical (unpaired) electrons. The lowest BCUT2D eigenvalue weighted by molar-refractivity contribution is -0.385. The summed E-state index contributed by atoms with van der Waals surface area (Å²) in [5.74, 6) is 0.531. The van der Waals surface area contributed by atoms with Gasteiger partial charge in [0.15, 0.2) is 0 Å². The van der Waals surface area contributed by atoms with Crippen molar-refractivity contribution in [3.05, 3.63) is 27.9 Å². The highest BCUT2D eigenvalue weighted by atomic mass is 16.6. The molecule has 0 spiro atoms. The lowest BCUT2D eigenvalue weighted by Crippen LogP contribution is -2.44. The number of likely N-dealkylation sites (tertiary alicyclic amines) is 1. The highest BCUT2D eigenvalue weighted by Gasteiger charge is 2.22. The summed E-state index contributed by atoms with van der Waals surface area (Å²) in [7, 11) is 0. The van der Waals surface area contributed by atoms with Crippen LogP contribution in [0.25, 0.3) is 0 Å². The monoisotopic (exact) mass is 292 g/mol. The molecule has 21 heavy (non-hydrogen) atoms. The number of amides is 1. The van der Waals surface area contributed by atoms with Gasteiger partial charge in [-0.15, -0.1) is 0 Å². The number of aromatic nitrogens is 1. The minimum Gasteiger partial charge on any atom is -0.359 e. The number of carbonyl (C=O) groups is 1. The number of nitrogens with zero attached hydrogens (tertiary/aromatic N) is 3. The SMILES string of the molecule is Cc1cc(NC(C)C(=O)N2CCCCC2)ncc1[N+](=O)[O-]. The molecule has 1 atom stereocenters. The number of hydrogen-bond donors (Lipinski definition) is 1. The average molecular weight is 292 g/mol. The van der Waals surface area contributed by atoms with Gasteiger partial charge in [0.2, 0.25) is 5.91 Å². The third-order valence-corrected chi connectivity index (χ3v) is 3.68. The Morgan fingerprint density at radius 2 is 2.10 bits per heavy atom. The third kappa shape index (κ3) is 3.68. The molecule has 0 bridgehead atoms. The number of pyridine rings is 1. The maximum absolute atomic E-state index is 12.3. The summed E-state index contributed by atoms with van der Waals surface area (Å²) in [5, 5.41) is 13.8. The largest absolute Gasteiger partial charge is 0.359 e. The summed E-state index contributed by atoms with van der Waals surface area (Å²) in [6.45, 7) is 5.05. The molecule has 7 heteroatoms. The molecular weight excluding hydrogens is 272 g/mol. The smallest absolute Gasteiger partial charge is 0.290 e. The van der Waals surface area contributed by atoms with Gasteiger partial charge in [0, 0.05) is 18.7 Å². The van der Waals surface area contributed by atoms with Crippen molar-refractivity contribution >= 4 is 17.4 Å². The van der Waals surface area contributed by atoms with Crippen LogP contribution in [0, 0.1) is 17.0 Å².